The van der Waals surface area contributed by atoms with E-state index in [1.807, 2.05) is 66.7 Å². The van der Waals surface area contributed by atoms with Crippen molar-refractivity contribution < 1.29 is 14.7 Å². The first-order chi connectivity index (χ1) is 14.1. The van der Waals surface area contributed by atoms with Gasteiger partial charge in [-0.05, 0) is 28.8 Å². The predicted octanol–water partition coefficient (Wildman–Crippen LogP) is 3.50. The van der Waals surface area contributed by atoms with Crippen molar-refractivity contribution in [3.63, 3.8) is 0 Å². The van der Waals surface area contributed by atoms with Crippen LogP contribution in [-0.4, -0.2) is 23.0 Å². The molecule has 29 heavy (non-hydrogen) atoms. The number of carbonyl (C=O) groups is 2. The van der Waals surface area contributed by atoms with Crippen molar-refractivity contribution >= 4 is 11.9 Å². The summed E-state index contributed by atoms with van der Waals surface area (Å²) in [7, 11) is 0. The second-order valence-corrected chi connectivity index (χ2v) is 6.67. The summed E-state index contributed by atoms with van der Waals surface area (Å²) in [5.41, 5.74) is 2.81. The summed E-state index contributed by atoms with van der Waals surface area (Å²) in [6.45, 7) is 0. The summed E-state index contributed by atoms with van der Waals surface area (Å²) in [6.07, 6.45) is 0.128. The van der Waals surface area contributed by atoms with Crippen LogP contribution in [0.2, 0.25) is 0 Å². The maximum atomic E-state index is 13.1. The molecule has 3 aromatic carbocycles. The highest BCUT2D eigenvalue weighted by Gasteiger charge is 2.27. The lowest BCUT2D eigenvalue weighted by molar-refractivity contribution is -0.141. The van der Waals surface area contributed by atoms with E-state index >= 15 is 0 Å². The molecule has 0 saturated heterocycles. The van der Waals surface area contributed by atoms with Crippen LogP contribution < -0.4 is 5.32 Å². The summed E-state index contributed by atoms with van der Waals surface area (Å²) in [4.78, 5) is 24.9. The molecule has 144 valence electrons. The van der Waals surface area contributed by atoms with E-state index in [1.54, 1.807) is 24.3 Å². The predicted molar refractivity (Wildman–Crippen MR) is 109 cm³/mol. The average Bonchev–Trinajstić information content (AvgIpc) is 2.75. The molecule has 0 saturated carbocycles. The maximum Gasteiger partial charge on any atom is 0.326 e. The minimum atomic E-state index is -1.11. The molecule has 5 nitrogen and oxygen atoms in total. The van der Waals surface area contributed by atoms with E-state index in [9.17, 15) is 14.7 Å². The number of aliphatic carboxylic acids is 1. The summed E-state index contributed by atoms with van der Waals surface area (Å²) in [5, 5.41) is 21.2. The van der Waals surface area contributed by atoms with Crippen LogP contribution in [0.15, 0.2) is 84.9 Å². The monoisotopic (exact) mass is 384 g/mol. The van der Waals surface area contributed by atoms with Crippen molar-refractivity contribution in [1.29, 1.82) is 5.26 Å². The Hall–Kier alpha value is -3.91. The zero-order valence-electron chi connectivity index (χ0n) is 15.7. The molecular weight excluding hydrogens is 364 g/mol. The fourth-order valence-corrected chi connectivity index (χ4v) is 3.19. The Morgan fingerprint density at radius 1 is 0.862 bits per heavy atom. The van der Waals surface area contributed by atoms with E-state index in [0.717, 1.165) is 16.7 Å². The lowest BCUT2D eigenvalue weighted by Gasteiger charge is -2.21. The molecule has 2 N–H and O–H groups in total. The van der Waals surface area contributed by atoms with Crippen molar-refractivity contribution in [3.05, 3.63) is 107 Å². The number of amides is 1. The van der Waals surface area contributed by atoms with Crippen molar-refractivity contribution in [1.82, 2.24) is 5.32 Å². The smallest absolute Gasteiger partial charge is 0.326 e. The largest absolute Gasteiger partial charge is 0.480 e. The quantitative estimate of drug-likeness (QED) is 0.652. The molecule has 0 aliphatic carbocycles. The number of hydrogen-bond donors (Lipinski definition) is 2. The van der Waals surface area contributed by atoms with E-state index in [-0.39, 0.29) is 12.3 Å². The topological polar surface area (TPSA) is 90.2 Å². The van der Waals surface area contributed by atoms with Gasteiger partial charge in [0.1, 0.15) is 6.04 Å². The molecule has 0 unspecified atom stereocenters. The molecule has 1 amide bonds. The van der Waals surface area contributed by atoms with Gasteiger partial charge in [0.25, 0.3) is 0 Å². The number of nitrogens with one attached hydrogen (secondary N) is 1. The highest BCUT2D eigenvalue weighted by Crippen LogP contribution is 2.25. The summed E-state index contributed by atoms with van der Waals surface area (Å²) < 4.78 is 0. The first-order valence-electron chi connectivity index (χ1n) is 9.20. The lowest BCUT2D eigenvalue weighted by atomic mass is 9.90. The van der Waals surface area contributed by atoms with Crippen LogP contribution in [-0.2, 0) is 16.0 Å². The molecular formula is C24H20N2O3. The molecule has 3 rings (SSSR count). The van der Waals surface area contributed by atoms with Gasteiger partial charge in [0.05, 0.1) is 17.6 Å². The van der Waals surface area contributed by atoms with Gasteiger partial charge in [0, 0.05) is 6.42 Å². The van der Waals surface area contributed by atoms with Crippen molar-refractivity contribution in [2.75, 3.05) is 0 Å². The number of nitrogens with zero attached hydrogens (tertiary/aromatic N) is 1. The summed E-state index contributed by atoms with van der Waals surface area (Å²) in [6, 6.07) is 26.2. The number of carboxylic acid groups (broad SMARTS) is 1. The fraction of sp³-hybridized carbons (Fsp3) is 0.125. The first kappa shape index (κ1) is 19.8. The molecule has 0 spiro atoms. The number of nitriles is 1. The molecule has 0 bridgehead atoms. The highest BCUT2D eigenvalue weighted by atomic mass is 16.4. The Labute approximate surface area is 169 Å². The Morgan fingerprint density at radius 2 is 1.38 bits per heavy atom. The minimum Gasteiger partial charge on any atom is -0.480 e. The molecule has 5 heteroatoms. The Kier molecular flexibility index (Phi) is 6.39. The van der Waals surface area contributed by atoms with Crippen LogP contribution in [0, 0.1) is 11.3 Å². The molecule has 0 aliphatic rings. The van der Waals surface area contributed by atoms with Gasteiger partial charge in [-0.15, -0.1) is 0 Å². The Balaban J connectivity index is 1.84. The van der Waals surface area contributed by atoms with Crippen LogP contribution in [0.1, 0.15) is 28.2 Å². The Morgan fingerprint density at radius 3 is 1.83 bits per heavy atom. The van der Waals surface area contributed by atoms with E-state index < -0.39 is 17.9 Å². The standard InChI is InChI=1S/C24H20N2O3/c25-16-18-13-11-17(12-14-18)15-21(24(28)29)26-23(27)22(19-7-3-1-4-8-19)20-9-5-2-6-10-20/h1-14,21-22H,15H2,(H,26,27)(H,28,29)/t21-/m0/s1. The van der Waals surface area contributed by atoms with E-state index in [1.165, 1.54) is 0 Å². The second-order valence-electron chi connectivity index (χ2n) is 6.67. The SMILES string of the molecule is N#Cc1ccc(C[C@H](NC(=O)C(c2ccccc2)c2ccccc2)C(=O)O)cc1. The number of rotatable bonds is 7. The van der Waals surface area contributed by atoms with E-state index in [4.69, 9.17) is 5.26 Å². The fourth-order valence-electron chi connectivity index (χ4n) is 3.19. The van der Waals surface area contributed by atoms with Crippen LogP contribution >= 0.6 is 0 Å². The zero-order valence-corrected chi connectivity index (χ0v) is 15.7. The summed E-state index contributed by atoms with van der Waals surface area (Å²) >= 11 is 0. The summed E-state index contributed by atoms with van der Waals surface area (Å²) in [5.74, 6) is -2.09. The molecule has 0 aliphatic heterocycles. The van der Waals surface area contributed by atoms with Gasteiger partial charge < -0.3 is 10.4 Å². The van der Waals surface area contributed by atoms with Crippen LogP contribution in [0.25, 0.3) is 0 Å². The maximum absolute atomic E-state index is 13.1. The van der Waals surface area contributed by atoms with Crippen LogP contribution in [0.5, 0.6) is 0 Å². The molecule has 0 heterocycles. The molecule has 0 aromatic heterocycles. The normalized spacial score (nSPS) is 11.4. The van der Waals surface area contributed by atoms with Crippen molar-refractivity contribution in [2.24, 2.45) is 0 Å². The third kappa shape index (κ3) is 5.08. The third-order valence-electron chi connectivity index (χ3n) is 4.67. The van der Waals surface area contributed by atoms with Gasteiger partial charge in [-0.1, -0.05) is 72.8 Å². The van der Waals surface area contributed by atoms with E-state index in [2.05, 4.69) is 5.32 Å². The zero-order chi connectivity index (χ0) is 20.6. The molecule has 0 fully saturated rings. The number of carbonyl (C=O) groups excluding carboxylic acids is 1. The first-order valence-corrected chi connectivity index (χ1v) is 9.20. The van der Waals surface area contributed by atoms with E-state index in [0.29, 0.717) is 5.56 Å². The minimum absolute atomic E-state index is 0.128. The van der Waals surface area contributed by atoms with Gasteiger partial charge in [-0.2, -0.15) is 5.26 Å². The van der Waals surface area contributed by atoms with Crippen molar-refractivity contribution in [3.8, 4) is 6.07 Å². The molecule has 3 aromatic rings. The van der Waals surface area contributed by atoms with Gasteiger partial charge in [-0.3, -0.25) is 4.79 Å². The number of carboxylic acids is 1. The van der Waals surface area contributed by atoms with Crippen LogP contribution in [0.3, 0.4) is 0 Å². The molecule has 0 radical (unpaired) electrons. The highest BCUT2D eigenvalue weighted by molar-refractivity contribution is 5.90. The number of hydrogen-bond acceptors (Lipinski definition) is 3. The van der Waals surface area contributed by atoms with Gasteiger partial charge in [-0.25, -0.2) is 4.79 Å². The Bertz CT molecular complexity index is 970. The van der Waals surface area contributed by atoms with Gasteiger partial charge >= 0.3 is 5.97 Å². The third-order valence-corrected chi connectivity index (χ3v) is 4.67. The second kappa shape index (κ2) is 9.34. The molecule has 1 atom stereocenters. The van der Waals surface area contributed by atoms with Crippen LogP contribution in [0.4, 0.5) is 0 Å². The van der Waals surface area contributed by atoms with Crippen molar-refractivity contribution in [2.45, 2.75) is 18.4 Å². The van der Waals surface area contributed by atoms with Gasteiger partial charge in [0.15, 0.2) is 0 Å². The van der Waals surface area contributed by atoms with Gasteiger partial charge in [0.2, 0.25) is 5.91 Å². The average molecular weight is 384 g/mol. The lowest BCUT2D eigenvalue weighted by Crippen LogP contribution is -2.44. The number of benzene rings is 3.